The van der Waals surface area contributed by atoms with Crippen LogP contribution in [0, 0.1) is 5.82 Å². The predicted octanol–water partition coefficient (Wildman–Crippen LogP) is 2.31. The summed E-state index contributed by atoms with van der Waals surface area (Å²) >= 11 is 0. The van der Waals surface area contributed by atoms with Crippen molar-refractivity contribution >= 4 is 17.8 Å². The number of esters is 1. The number of carbonyl (C=O) groups is 3. The number of ether oxygens (including phenoxy) is 1. The van der Waals surface area contributed by atoms with E-state index in [0.717, 1.165) is 0 Å². The van der Waals surface area contributed by atoms with E-state index in [0.29, 0.717) is 31.4 Å². The highest BCUT2D eigenvalue weighted by Crippen LogP contribution is 2.23. The number of nitrogens with two attached hydrogens (primary N) is 1. The average molecular weight is 436 g/mol. The normalized spacial score (nSPS) is 19.5. The van der Waals surface area contributed by atoms with Crippen LogP contribution in [0.2, 0.25) is 0 Å². The zero-order valence-corrected chi connectivity index (χ0v) is 19.0. The third-order valence-corrected chi connectivity index (χ3v) is 5.45. The van der Waals surface area contributed by atoms with E-state index < -0.39 is 46.8 Å². The van der Waals surface area contributed by atoms with Crippen LogP contribution in [0.4, 0.5) is 4.39 Å². The van der Waals surface area contributed by atoms with E-state index in [9.17, 15) is 18.8 Å². The molecule has 0 spiro atoms. The van der Waals surface area contributed by atoms with Gasteiger partial charge >= 0.3 is 5.97 Å². The molecule has 0 aromatic heterocycles. The van der Waals surface area contributed by atoms with E-state index in [1.54, 1.807) is 52.8 Å². The first-order valence-electron chi connectivity index (χ1n) is 10.7. The number of hydrogen-bond donors (Lipinski definition) is 2. The maximum atomic E-state index is 14.3. The van der Waals surface area contributed by atoms with Crippen molar-refractivity contribution in [3.8, 4) is 0 Å². The Morgan fingerprint density at radius 1 is 1.26 bits per heavy atom. The molecule has 1 aromatic rings. The predicted molar refractivity (Wildman–Crippen MR) is 115 cm³/mol. The topological polar surface area (TPSA) is 102 Å². The van der Waals surface area contributed by atoms with Crippen molar-refractivity contribution in [2.24, 2.45) is 5.73 Å². The van der Waals surface area contributed by atoms with Gasteiger partial charge in [0.15, 0.2) is 0 Å². The van der Waals surface area contributed by atoms with Gasteiger partial charge in [-0.3, -0.25) is 9.59 Å². The Kier molecular flexibility index (Phi) is 7.81. The van der Waals surface area contributed by atoms with Crippen LogP contribution in [0.3, 0.4) is 0 Å². The summed E-state index contributed by atoms with van der Waals surface area (Å²) in [5, 5.41) is 2.69. The van der Waals surface area contributed by atoms with Crippen LogP contribution in [0.15, 0.2) is 24.3 Å². The highest BCUT2D eigenvalue weighted by Gasteiger charge is 2.41. The minimum atomic E-state index is -1.18. The maximum absolute atomic E-state index is 14.3. The molecular formula is C23H34FN3O4. The lowest BCUT2D eigenvalue weighted by molar-refractivity contribution is -0.163. The van der Waals surface area contributed by atoms with E-state index in [1.165, 1.54) is 11.0 Å². The van der Waals surface area contributed by atoms with E-state index in [-0.39, 0.29) is 6.42 Å². The van der Waals surface area contributed by atoms with Crippen LogP contribution in [0.1, 0.15) is 59.4 Å². The van der Waals surface area contributed by atoms with Gasteiger partial charge in [-0.25, -0.2) is 9.18 Å². The molecule has 3 atom stereocenters. The van der Waals surface area contributed by atoms with Gasteiger partial charge in [0.25, 0.3) is 0 Å². The zero-order valence-electron chi connectivity index (χ0n) is 19.0. The van der Waals surface area contributed by atoms with Crippen LogP contribution in [-0.4, -0.2) is 52.5 Å². The molecule has 0 radical (unpaired) electrons. The number of amides is 2. The highest BCUT2D eigenvalue weighted by atomic mass is 19.1. The van der Waals surface area contributed by atoms with Crippen molar-refractivity contribution < 1.29 is 23.5 Å². The molecule has 0 saturated carbocycles. The summed E-state index contributed by atoms with van der Waals surface area (Å²) in [5.74, 6) is -1.90. The van der Waals surface area contributed by atoms with E-state index in [1.807, 2.05) is 0 Å². The van der Waals surface area contributed by atoms with Gasteiger partial charge in [0.2, 0.25) is 11.8 Å². The van der Waals surface area contributed by atoms with Crippen molar-refractivity contribution in [1.29, 1.82) is 0 Å². The summed E-state index contributed by atoms with van der Waals surface area (Å²) in [5.41, 5.74) is 4.48. The molecule has 1 aliphatic rings. The lowest BCUT2D eigenvalue weighted by Gasteiger charge is -2.32. The fourth-order valence-electron chi connectivity index (χ4n) is 3.41. The second kappa shape index (κ2) is 9.77. The molecule has 1 aliphatic heterocycles. The Balaban J connectivity index is 2.29. The quantitative estimate of drug-likeness (QED) is 0.640. The number of halogens is 1. The van der Waals surface area contributed by atoms with Crippen LogP contribution in [0.25, 0.3) is 0 Å². The molecule has 0 unspecified atom stereocenters. The Morgan fingerprint density at radius 3 is 2.48 bits per heavy atom. The van der Waals surface area contributed by atoms with Gasteiger partial charge in [0.05, 0.1) is 5.54 Å². The lowest BCUT2D eigenvalue weighted by Crippen LogP contribution is -2.59. The fourth-order valence-corrected chi connectivity index (χ4v) is 3.41. The minimum Gasteiger partial charge on any atom is -0.458 e. The Bertz CT molecular complexity index is 819. The smallest absolute Gasteiger partial charge is 0.329 e. The van der Waals surface area contributed by atoms with Gasteiger partial charge in [-0.05, 0) is 58.6 Å². The van der Waals surface area contributed by atoms with Gasteiger partial charge in [-0.2, -0.15) is 0 Å². The summed E-state index contributed by atoms with van der Waals surface area (Å²) in [6.45, 7) is 9.00. The molecule has 172 valence electrons. The second-order valence-corrected chi connectivity index (χ2v) is 9.32. The molecule has 0 aliphatic carbocycles. The maximum Gasteiger partial charge on any atom is 0.329 e. The van der Waals surface area contributed by atoms with Gasteiger partial charge in [0.1, 0.15) is 23.5 Å². The Morgan fingerprint density at radius 2 is 1.90 bits per heavy atom. The molecule has 1 fully saturated rings. The lowest BCUT2D eigenvalue weighted by atomic mass is 9.97. The number of nitrogens with zero attached hydrogens (tertiary/aromatic N) is 1. The molecule has 7 nitrogen and oxygen atoms in total. The van der Waals surface area contributed by atoms with Crippen LogP contribution in [0.5, 0.6) is 0 Å². The number of nitrogens with one attached hydrogen (secondary N) is 1. The van der Waals surface area contributed by atoms with E-state index in [4.69, 9.17) is 10.5 Å². The van der Waals surface area contributed by atoms with E-state index in [2.05, 4.69) is 5.32 Å². The van der Waals surface area contributed by atoms with Crippen LogP contribution in [-0.2, 0) is 25.5 Å². The highest BCUT2D eigenvalue weighted by molar-refractivity contribution is 5.93. The molecule has 0 bridgehead atoms. The van der Waals surface area contributed by atoms with Crippen molar-refractivity contribution in [2.75, 3.05) is 6.54 Å². The summed E-state index contributed by atoms with van der Waals surface area (Å²) in [4.78, 5) is 40.2. The molecular weight excluding hydrogens is 401 g/mol. The van der Waals surface area contributed by atoms with Gasteiger partial charge in [-0.15, -0.1) is 0 Å². The van der Waals surface area contributed by atoms with Crippen LogP contribution < -0.4 is 11.1 Å². The molecule has 1 saturated heterocycles. The molecule has 3 N–H and O–H groups in total. The Labute approximate surface area is 183 Å². The van der Waals surface area contributed by atoms with Gasteiger partial charge in [-0.1, -0.05) is 25.1 Å². The number of benzene rings is 1. The molecule has 1 heterocycles. The number of rotatable bonds is 7. The largest absolute Gasteiger partial charge is 0.458 e. The van der Waals surface area contributed by atoms with Crippen molar-refractivity contribution in [3.63, 3.8) is 0 Å². The molecule has 31 heavy (non-hydrogen) atoms. The Hall–Kier alpha value is -2.48. The minimum absolute atomic E-state index is 0.0470. The fraction of sp³-hybridized carbons (Fsp3) is 0.609. The monoisotopic (exact) mass is 435 g/mol. The molecule has 2 amide bonds. The number of likely N-dealkylation sites (tertiary alicyclic amines) is 1. The standard InChI is InChI=1S/C23H34FN3O4/c1-6-23(5,25)21(30)26-17(14-15-10-7-8-11-16(15)24)19(28)27-13-9-12-18(27)20(29)31-22(2,3)4/h7-8,10-11,17-18H,6,9,12-14,25H2,1-5H3,(H,26,30)/t17-,18+,23-/m0/s1. The van der Waals surface area contributed by atoms with Crippen molar-refractivity contribution in [2.45, 2.75) is 83.5 Å². The summed E-state index contributed by atoms with van der Waals surface area (Å²) in [7, 11) is 0. The second-order valence-electron chi connectivity index (χ2n) is 9.32. The van der Waals surface area contributed by atoms with Gasteiger partial charge < -0.3 is 20.7 Å². The van der Waals surface area contributed by atoms with Crippen molar-refractivity contribution in [1.82, 2.24) is 10.2 Å². The first-order chi connectivity index (χ1) is 14.4. The van der Waals surface area contributed by atoms with Crippen LogP contribution >= 0.6 is 0 Å². The third-order valence-electron chi connectivity index (χ3n) is 5.45. The third kappa shape index (κ3) is 6.50. The van der Waals surface area contributed by atoms with Gasteiger partial charge in [0, 0.05) is 13.0 Å². The zero-order chi connectivity index (χ0) is 23.4. The molecule has 2 rings (SSSR count). The average Bonchev–Trinajstić information content (AvgIpc) is 3.17. The first kappa shape index (κ1) is 24.8. The molecule has 1 aromatic carbocycles. The summed E-state index contributed by atoms with van der Waals surface area (Å²) in [6, 6.07) is 4.31. The number of hydrogen-bond acceptors (Lipinski definition) is 5. The summed E-state index contributed by atoms with van der Waals surface area (Å²) < 4.78 is 19.8. The first-order valence-corrected chi connectivity index (χ1v) is 10.7. The summed E-state index contributed by atoms with van der Waals surface area (Å²) in [6.07, 6.45) is 1.43. The van der Waals surface area contributed by atoms with E-state index >= 15 is 0 Å². The SMILES string of the molecule is CC[C@](C)(N)C(=O)N[C@@H](Cc1ccccc1F)C(=O)N1CCC[C@@H]1C(=O)OC(C)(C)C. The number of carbonyl (C=O) groups excluding carboxylic acids is 3. The molecule has 8 heteroatoms. The van der Waals surface area contributed by atoms with Crippen molar-refractivity contribution in [3.05, 3.63) is 35.6 Å².